The summed E-state index contributed by atoms with van der Waals surface area (Å²) in [6.07, 6.45) is -0.182. The number of hydrogen-bond donors (Lipinski definition) is 0. The van der Waals surface area contributed by atoms with Crippen LogP contribution in [-0.4, -0.2) is 43.3 Å². The molecule has 120 valence electrons. The topological polar surface area (TPSA) is 32.8 Å². The molecule has 4 heteroatoms. The van der Waals surface area contributed by atoms with E-state index in [0.29, 0.717) is 11.8 Å². The lowest BCUT2D eigenvalue weighted by atomic mass is 9.83. The van der Waals surface area contributed by atoms with Crippen LogP contribution in [0.15, 0.2) is 18.2 Å². The third-order valence-corrected chi connectivity index (χ3v) is 4.65. The zero-order chi connectivity index (χ0) is 16.1. The number of likely N-dealkylation sites (tertiary alicyclic amines) is 1. The predicted molar refractivity (Wildman–Crippen MR) is 88.5 cm³/mol. The number of benzene rings is 1. The van der Waals surface area contributed by atoms with Crippen molar-refractivity contribution in [2.24, 2.45) is 5.92 Å². The van der Waals surface area contributed by atoms with Gasteiger partial charge in [0.05, 0.1) is 0 Å². The highest BCUT2D eigenvalue weighted by atomic mass is 16.6. The largest absolute Gasteiger partial charge is 0.444 e. The molecule has 1 aromatic rings. The Kier molecular flexibility index (Phi) is 3.58. The molecule has 0 N–H and O–H groups in total. The molecule has 1 aromatic carbocycles. The van der Waals surface area contributed by atoms with Crippen LogP contribution in [0.2, 0.25) is 0 Å². The fraction of sp³-hybridized carbons (Fsp3) is 0.611. The van der Waals surface area contributed by atoms with Crippen molar-refractivity contribution in [1.82, 2.24) is 4.90 Å². The molecular formula is C18H26N2O2. The van der Waals surface area contributed by atoms with Crippen molar-refractivity contribution in [3.63, 3.8) is 0 Å². The predicted octanol–water partition coefficient (Wildman–Crippen LogP) is 3.40. The SMILES string of the molecule is Cc1cccc2c1N(C)C[C@@H]1CN(C(=O)OC(C)(C)C)C[C@H]21. The molecule has 0 aromatic heterocycles. The molecule has 1 fully saturated rings. The Balaban J connectivity index is 1.83. The first-order valence-electron chi connectivity index (χ1n) is 8.05. The van der Waals surface area contributed by atoms with Gasteiger partial charge < -0.3 is 14.5 Å². The quantitative estimate of drug-likeness (QED) is 0.736. The summed E-state index contributed by atoms with van der Waals surface area (Å²) in [7, 11) is 2.15. The van der Waals surface area contributed by atoms with Gasteiger partial charge in [-0.25, -0.2) is 4.79 Å². The summed E-state index contributed by atoms with van der Waals surface area (Å²) in [5.74, 6) is 0.922. The number of fused-ring (bicyclic) bond motifs is 3. The Hall–Kier alpha value is -1.71. The van der Waals surface area contributed by atoms with E-state index >= 15 is 0 Å². The number of anilines is 1. The van der Waals surface area contributed by atoms with E-state index in [0.717, 1.165) is 19.6 Å². The highest BCUT2D eigenvalue weighted by molar-refractivity contribution is 5.70. The van der Waals surface area contributed by atoms with Gasteiger partial charge in [-0.3, -0.25) is 0 Å². The van der Waals surface area contributed by atoms with Crippen LogP contribution in [-0.2, 0) is 4.74 Å². The summed E-state index contributed by atoms with van der Waals surface area (Å²) in [4.78, 5) is 16.6. The van der Waals surface area contributed by atoms with Crippen molar-refractivity contribution < 1.29 is 9.53 Å². The maximum absolute atomic E-state index is 12.4. The average Bonchev–Trinajstić information content (AvgIpc) is 2.81. The van der Waals surface area contributed by atoms with Gasteiger partial charge in [0, 0.05) is 44.2 Å². The van der Waals surface area contributed by atoms with Crippen LogP contribution in [0.4, 0.5) is 10.5 Å². The Bertz CT molecular complexity index is 591. The van der Waals surface area contributed by atoms with Gasteiger partial charge in [0.25, 0.3) is 0 Å². The molecule has 0 unspecified atom stereocenters. The van der Waals surface area contributed by atoms with Crippen LogP contribution in [0.3, 0.4) is 0 Å². The minimum absolute atomic E-state index is 0.182. The van der Waals surface area contributed by atoms with Gasteiger partial charge >= 0.3 is 6.09 Å². The smallest absolute Gasteiger partial charge is 0.410 e. The maximum atomic E-state index is 12.4. The first kappa shape index (κ1) is 15.2. The summed E-state index contributed by atoms with van der Waals surface area (Å²) in [6, 6.07) is 6.50. The normalized spacial score (nSPS) is 24.0. The number of carbonyl (C=O) groups excluding carboxylic acids is 1. The zero-order valence-corrected chi connectivity index (χ0v) is 14.2. The molecular weight excluding hydrogens is 276 g/mol. The number of ether oxygens (including phenoxy) is 1. The molecule has 2 aliphatic rings. The molecule has 0 saturated carbocycles. The fourth-order valence-corrected chi connectivity index (χ4v) is 3.83. The highest BCUT2D eigenvalue weighted by Crippen LogP contribution is 2.43. The van der Waals surface area contributed by atoms with Crippen molar-refractivity contribution in [1.29, 1.82) is 0 Å². The molecule has 0 bridgehead atoms. The van der Waals surface area contributed by atoms with Crippen molar-refractivity contribution in [3.05, 3.63) is 29.3 Å². The summed E-state index contributed by atoms with van der Waals surface area (Å²) < 4.78 is 5.54. The second-order valence-electron chi connectivity index (χ2n) is 7.65. The van der Waals surface area contributed by atoms with E-state index in [1.807, 2.05) is 25.7 Å². The maximum Gasteiger partial charge on any atom is 0.410 e. The number of amides is 1. The second kappa shape index (κ2) is 5.18. The number of hydrogen-bond acceptors (Lipinski definition) is 3. The van der Waals surface area contributed by atoms with Crippen molar-refractivity contribution >= 4 is 11.8 Å². The number of aryl methyl sites for hydroxylation is 1. The third-order valence-electron chi connectivity index (χ3n) is 4.65. The zero-order valence-electron chi connectivity index (χ0n) is 14.2. The van der Waals surface area contributed by atoms with Gasteiger partial charge in [0.2, 0.25) is 0 Å². The van der Waals surface area contributed by atoms with E-state index in [9.17, 15) is 4.79 Å². The summed E-state index contributed by atoms with van der Waals surface area (Å²) >= 11 is 0. The van der Waals surface area contributed by atoms with E-state index in [1.54, 1.807) is 0 Å². The lowest BCUT2D eigenvalue weighted by molar-refractivity contribution is 0.0287. The Morgan fingerprint density at radius 3 is 2.64 bits per heavy atom. The summed E-state index contributed by atoms with van der Waals surface area (Å²) in [5.41, 5.74) is 3.60. The first-order valence-corrected chi connectivity index (χ1v) is 8.05. The molecule has 3 rings (SSSR count). The fourth-order valence-electron chi connectivity index (χ4n) is 3.83. The van der Waals surface area contributed by atoms with E-state index in [-0.39, 0.29) is 6.09 Å². The van der Waals surface area contributed by atoms with Crippen LogP contribution in [0.1, 0.15) is 37.8 Å². The van der Waals surface area contributed by atoms with Gasteiger partial charge in [-0.1, -0.05) is 18.2 Å². The van der Waals surface area contributed by atoms with Crippen molar-refractivity contribution in [2.45, 2.75) is 39.2 Å². The first-order chi connectivity index (χ1) is 10.3. The van der Waals surface area contributed by atoms with Crippen LogP contribution >= 0.6 is 0 Å². The van der Waals surface area contributed by atoms with E-state index in [2.05, 4.69) is 37.1 Å². The van der Waals surface area contributed by atoms with Gasteiger partial charge in [0.15, 0.2) is 0 Å². The van der Waals surface area contributed by atoms with Gasteiger partial charge in [0.1, 0.15) is 5.60 Å². The minimum atomic E-state index is -0.434. The average molecular weight is 302 g/mol. The monoisotopic (exact) mass is 302 g/mol. The standard InChI is InChI=1S/C18H26N2O2/c1-12-7-6-8-14-15-11-20(17(21)22-18(2,3)4)10-13(15)9-19(5)16(12)14/h6-8,13,15H,9-11H2,1-5H3/t13-,15+/m1/s1. The van der Waals surface area contributed by atoms with Gasteiger partial charge in [-0.05, 0) is 38.8 Å². The third kappa shape index (κ3) is 2.67. The van der Waals surface area contributed by atoms with E-state index in [1.165, 1.54) is 16.8 Å². The van der Waals surface area contributed by atoms with Crippen molar-refractivity contribution in [2.75, 3.05) is 31.6 Å². The lowest BCUT2D eigenvalue weighted by Crippen LogP contribution is -2.36. The van der Waals surface area contributed by atoms with Crippen molar-refractivity contribution in [3.8, 4) is 0 Å². The molecule has 0 spiro atoms. The second-order valence-corrected chi connectivity index (χ2v) is 7.65. The Morgan fingerprint density at radius 1 is 1.23 bits per heavy atom. The minimum Gasteiger partial charge on any atom is -0.444 e. The summed E-state index contributed by atoms with van der Waals surface area (Å²) in [5, 5.41) is 0. The van der Waals surface area contributed by atoms with Crippen LogP contribution in [0.5, 0.6) is 0 Å². The summed E-state index contributed by atoms with van der Waals surface area (Å²) in [6.45, 7) is 10.5. The molecule has 2 aliphatic heterocycles. The molecule has 4 nitrogen and oxygen atoms in total. The number of nitrogens with zero attached hydrogens (tertiary/aromatic N) is 2. The lowest BCUT2D eigenvalue weighted by Gasteiger charge is -2.36. The molecule has 22 heavy (non-hydrogen) atoms. The van der Waals surface area contributed by atoms with Gasteiger partial charge in [-0.15, -0.1) is 0 Å². The molecule has 1 saturated heterocycles. The molecule has 2 heterocycles. The van der Waals surface area contributed by atoms with Crippen LogP contribution < -0.4 is 4.90 Å². The molecule has 1 amide bonds. The number of carbonyl (C=O) groups is 1. The van der Waals surface area contributed by atoms with Crippen LogP contribution in [0.25, 0.3) is 0 Å². The Labute approximate surface area is 133 Å². The Morgan fingerprint density at radius 2 is 1.95 bits per heavy atom. The number of para-hydroxylation sites is 1. The highest BCUT2D eigenvalue weighted by Gasteiger charge is 2.42. The van der Waals surface area contributed by atoms with E-state index in [4.69, 9.17) is 4.74 Å². The number of rotatable bonds is 0. The van der Waals surface area contributed by atoms with Gasteiger partial charge in [-0.2, -0.15) is 0 Å². The molecule has 0 radical (unpaired) electrons. The molecule has 0 aliphatic carbocycles. The van der Waals surface area contributed by atoms with E-state index < -0.39 is 5.60 Å². The van der Waals surface area contributed by atoms with Crippen LogP contribution in [0, 0.1) is 12.8 Å². The molecule has 2 atom stereocenters.